The van der Waals surface area contributed by atoms with E-state index in [0.29, 0.717) is 6.42 Å². The summed E-state index contributed by atoms with van der Waals surface area (Å²) in [6.07, 6.45) is 2.77. The number of nitrogens with one attached hydrogen (secondary N) is 1. The molecule has 142 valence electrons. The number of carbonyl (C=O) groups excluding carboxylic acids is 3. The molecule has 5 nitrogen and oxygen atoms in total. The number of amides is 1. The largest absolute Gasteiger partial charge is 0.458 e. The molecule has 0 saturated carbocycles. The fourth-order valence-corrected chi connectivity index (χ4v) is 2.83. The average molecular weight is 378 g/mol. The second kappa shape index (κ2) is 10.8. The van der Waals surface area contributed by atoms with Crippen molar-refractivity contribution in [3.63, 3.8) is 0 Å². The molecule has 6 heteroatoms. The minimum absolute atomic E-state index is 0.0647. The number of carbonyl (C=O) groups is 3. The first-order valence-electron chi connectivity index (χ1n) is 8.60. The van der Waals surface area contributed by atoms with Crippen LogP contribution in [0.4, 0.5) is 0 Å². The lowest BCUT2D eigenvalue weighted by molar-refractivity contribution is -0.158. The van der Waals surface area contributed by atoms with Crippen LogP contribution in [-0.2, 0) is 19.1 Å². The van der Waals surface area contributed by atoms with Crippen LogP contribution in [0, 0.1) is 0 Å². The average Bonchev–Trinajstić information content (AvgIpc) is 2.56. The Bertz CT molecular complexity index is 622. The fraction of sp³-hybridized carbons (Fsp3) is 0.450. The number of thioether (sulfide) groups is 1. The molecule has 1 atom stereocenters. The minimum atomic E-state index is -0.841. The van der Waals surface area contributed by atoms with Gasteiger partial charge in [-0.15, -0.1) is 6.58 Å². The summed E-state index contributed by atoms with van der Waals surface area (Å²) in [5.41, 5.74) is -0.663. The van der Waals surface area contributed by atoms with Gasteiger partial charge in [0.05, 0.1) is 0 Å². The highest BCUT2D eigenvalue weighted by molar-refractivity contribution is 8.13. The molecular formula is C20H27NO4S. The molecule has 1 aromatic carbocycles. The Morgan fingerprint density at radius 1 is 1.19 bits per heavy atom. The van der Waals surface area contributed by atoms with Crippen molar-refractivity contribution >= 4 is 28.8 Å². The quantitative estimate of drug-likeness (QED) is 0.402. The van der Waals surface area contributed by atoms with E-state index in [0.717, 1.165) is 16.7 Å². The van der Waals surface area contributed by atoms with Crippen LogP contribution < -0.4 is 5.32 Å². The monoisotopic (exact) mass is 377 g/mol. The molecule has 0 radical (unpaired) electrons. The second-order valence-corrected chi connectivity index (χ2v) is 7.94. The molecular weight excluding hydrogens is 350 g/mol. The molecule has 0 heterocycles. The van der Waals surface area contributed by atoms with Crippen molar-refractivity contribution in [3.8, 4) is 0 Å². The maximum absolute atomic E-state index is 12.4. The zero-order valence-corrected chi connectivity index (χ0v) is 16.4. The first-order chi connectivity index (χ1) is 12.2. The molecule has 0 saturated heterocycles. The van der Waals surface area contributed by atoms with Crippen LogP contribution in [0.25, 0.3) is 0 Å². The highest BCUT2D eigenvalue weighted by Crippen LogP contribution is 2.21. The third-order valence-corrected chi connectivity index (χ3v) is 4.15. The van der Waals surface area contributed by atoms with Crippen molar-refractivity contribution in [3.05, 3.63) is 43.0 Å². The molecule has 26 heavy (non-hydrogen) atoms. The van der Waals surface area contributed by atoms with Crippen LogP contribution in [0.3, 0.4) is 0 Å². The molecule has 0 fully saturated rings. The summed E-state index contributed by atoms with van der Waals surface area (Å²) in [7, 11) is 0. The van der Waals surface area contributed by atoms with E-state index in [2.05, 4.69) is 11.9 Å². The topological polar surface area (TPSA) is 72.5 Å². The maximum atomic E-state index is 12.4. The summed E-state index contributed by atoms with van der Waals surface area (Å²) >= 11 is 1.13. The Labute approximate surface area is 159 Å². The zero-order chi connectivity index (χ0) is 19.6. The van der Waals surface area contributed by atoms with Crippen LogP contribution in [-0.4, -0.2) is 28.6 Å². The van der Waals surface area contributed by atoms with Crippen molar-refractivity contribution < 1.29 is 19.1 Å². The number of hydrogen-bond acceptors (Lipinski definition) is 5. The summed E-state index contributed by atoms with van der Waals surface area (Å²) < 4.78 is 5.36. The van der Waals surface area contributed by atoms with Crippen LogP contribution in [0.15, 0.2) is 47.9 Å². The standard InChI is InChI=1S/C20H27NO4S/c1-5-6-12-17(22)21-16(19(24)25-20(2,3)4)13-14-18(23)26-15-10-8-7-9-11-15/h5,7-11,16H,1,6,12-14H2,2-4H3,(H,21,22). The summed E-state index contributed by atoms with van der Waals surface area (Å²) in [5.74, 6) is -0.786. The lowest BCUT2D eigenvalue weighted by atomic mass is 10.1. The SMILES string of the molecule is C=CCCC(=O)NC(CCC(=O)Sc1ccccc1)C(=O)OC(C)(C)C. The zero-order valence-electron chi connectivity index (χ0n) is 15.6. The van der Waals surface area contributed by atoms with Gasteiger partial charge in [-0.25, -0.2) is 4.79 Å². The van der Waals surface area contributed by atoms with E-state index in [1.54, 1.807) is 26.8 Å². The fourth-order valence-electron chi connectivity index (χ4n) is 2.05. The normalized spacial score (nSPS) is 12.1. The smallest absolute Gasteiger partial charge is 0.329 e. The first kappa shape index (κ1) is 22.0. The van der Waals surface area contributed by atoms with Gasteiger partial charge in [-0.3, -0.25) is 9.59 Å². The van der Waals surface area contributed by atoms with Gasteiger partial charge in [-0.1, -0.05) is 36.0 Å². The van der Waals surface area contributed by atoms with Gasteiger partial charge >= 0.3 is 5.97 Å². The highest BCUT2D eigenvalue weighted by atomic mass is 32.2. The van der Waals surface area contributed by atoms with Crippen molar-refractivity contribution in [2.75, 3.05) is 0 Å². The van der Waals surface area contributed by atoms with Crippen molar-refractivity contribution in [2.24, 2.45) is 0 Å². The lowest BCUT2D eigenvalue weighted by Crippen LogP contribution is -2.44. The third-order valence-electron chi connectivity index (χ3n) is 3.21. The van der Waals surface area contributed by atoms with Crippen LogP contribution in [0.1, 0.15) is 46.5 Å². The van der Waals surface area contributed by atoms with Gasteiger partial charge in [0.25, 0.3) is 0 Å². The van der Waals surface area contributed by atoms with E-state index in [4.69, 9.17) is 4.74 Å². The second-order valence-electron chi connectivity index (χ2n) is 6.81. The van der Waals surface area contributed by atoms with Gasteiger partial charge in [0, 0.05) is 17.7 Å². The number of ether oxygens (including phenoxy) is 1. The number of benzene rings is 1. The molecule has 0 bridgehead atoms. The van der Waals surface area contributed by atoms with Gasteiger partial charge in [-0.2, -0.15) is 0 Å². The predicted molar refractivity (Wildman–Crippen MR) is 104 cm³/mol. The van der Waals surface area contributed by atoms with Crippen LogP contribution in [0.2, 0.25) is 0 Å². The molecule has 1 N–H and O–H groups in total. The number of esters is 1. The molecule has 0 aliphatic heterocycles. The Balaban J connectivity index is 2.65. The molecule has 0 aliphatic carbocycles. The van der Waals surface area contributed by atoms with Crippen LogP contribution >= 0.6 is 11.8 Å². The Morgan fingerprint density at radius 2 is 1.85 bits per heavy atom. The molecule has 1 unspecified atom stereocenters. The minimum Gasteiger partial charge on any atom is -0.458 e. The van der Waals surface area contributed by atoms with Crippen molar-refractivity contribution in [1.29, 1.82) is 0 Å². The van der Waals surface area contributed by atoms with E-state index in [-0.39, 0.29) is 30.3 Å². The van der Waals surface area contributed by atoms with E-state index in [1.807, 2.05) is 30.3 Å². The van der Waals surface area contributed by atoms with Gasteiger partial charge in [0.15, 0.2) is 5.12 Å². The first-order valence-corrected chi connectivity index (χ1v) is 9.42. The lowest BCUT2D eigenvalue weighted by Gasteiger charge is -2.24. The third kappa shape index (κ3) is 9.42. The molecule has 0 aliphatic rings. The molecule has 0 aromatic heterocycles. The van der Waals surface area contributed by atoms with Crippen molar-refractivity contribution in [1.82, 2.24) is 5.32 Å². The molecule has 1 aromatic rings. The van der Waals surface area contributed by atoms with Gasteiger partial charge in [0.2, 0.25) is 5.91 Å². The Kier molecular flexibility index (Phi) is 9.13. The van der Waals surface area contributed by atoms with E-state index in [9.17, 15) is 14.4 Å². The number of rotatable bonds is 9. The molecule has 0 spiro atoms. The summed E-state index contributed by atoms with van der Waals surface area (Å²) in [6.45, 7) is 8.86. The van der Waals surface area contributed by atoms with Crippen molar-refractivity contribution in [2.45, 2.75) is 63.0 Å². The summed E-state index contributed by atoms with van der Waals surface area (Å²) in [4.78, 5) is 37.3. The number of hydrogen-bond donors (Lipinski definition) is 1. The maximum Gasteiger partial charge on any atom is 0.329 e. The molecule has 1 amide bonds. The van der Waals surface area contributed by atoms with Gasteiger partial charge in [0.1, 0.15) is 11.6 Å². The summed E-state index contributed by atoms with van der Waals surface area (Å²) in [6, 6.07) is 8.46. The predicted octanol–water partition coefficient (Wildman–Crippen LogP) is 3.88. The molecule has 1 rings (SSSR count). The van der Waals surface area contributed by atoms with Gasteiger partial charge < -0.3 is 10.1 Å². The van der Waals surface area contributed by atoms with E-state index < -0.39 is 17.6 Å². The Morgan fingerprint density at radius 3 is 2.42 bits per heavy atom. The van der Waals surface area contributed by atoms with Crippen LogP contribution in [0.5, 0.6) is 0 Å². The van der Waals surface area contributed by atoms with Gasteiger partial charge in [-0.05, 0) is 45.7 Å². The summed E-state index contributed by atoms with van der Waals surface area (Å²) in [5, 5.41) is 2.61. The number of allylic oxidation sites excluding steroid dienone is 1. The Hall–Kier alpha value is -2.08. The highest BCUT2D eigenvalue weighted by Gasteiger charge is 2.27. The van der Waals surface area contributed by atoms with E-state index in [1.165, 1.54) is 0 Å². The van der Waals surface area contributed by atoms with E-state index >= 15 is 0 Å².